The van der Waals surface area contributed by atoms with Crippen molar-refractivity contribution in [3.05, 3.63) is 33.7 Å². The Labute approximate surface area is 64.0 Å². The third-order valence-electron chi connectivity index (χ3n) is 1.09. The van der Waals surface area contributed by atoms with Gasteiger partial charge in [0.25, 0.3) is 5.70 Å². The van der Waals surface area contributed by atoms with Crippen LogP contribution in [0.1, 0.15) is 6.92 Å². The largest absolute Gasteiger partial charge is 0.393 e. The van der Waals surface area contributed by atoms with E-state index in [1.165, 1.54) is 19.1 Å². The zero-order chi connectivity index (χ0) is 8.85. The second kappa shape index (κ2) is 4.45. The number of aliphatic hydroxyl groups is 1. The molecule has 0 atom stereocenters. The minimum atomic E-state index is -0.572. The Balaban J connectivity index is 4.40. The predicted molar refractivity (Wildman–Crippen MR) is 40.1 cm³/mol. The molecule has 0 saturated carbocycles. The lowest BCUT2D eigenvalue weighted by molar-refractivity contribution is -0.425. The molecule has 0 heterocycles. The maximum absolute atomic E-state index is 10.1. The second-order valence-corrected chi connectivity index (χ2v) is 1.88. The van der Waals surface area contributed by atoms with Crippen molar-refractivity contribution < 1.29 is 10.0 Å². The van der Waals surface area contributed by atoms with Gasteiger partial charge in [-0.05, 0) is 6.08 Å². The standard InChI is InChI=1S/C6H10N2O3/c1-5(8(10)11)6(7)3-2-4-9/h2-3,9H,4,7H2,1H3/b3-2-,6-5-. The molecule has 0 aliphatic heterocycles. The van der Waals surface area contributed by atoms with E-state index in [-0.39, 0.29) is 18.0 Å². The molecule has 5 nitrogen and oxygen atoms in total. The van der Waals surface area contributed by atoms with Crippen LogP contribution in [0, 0.1) is 10.1 Å². The van der Waals surface area contributed by atoms with E-state index in [0.29, 0.717) is 0 Å². The summed E-state index contributed by atoms with van der Waals surface area (Å²) in [7, 11) is 0. The molecular formula is C6H10N2O3. The fourth-order valence-corrected chi connectivity index (χ4v) is 0.406. The van der Waals surface area contributed by atoms with E-state index >= 15 is 0 Å². The van der Waals surface area contributed by atoms with Gasteiger partial charge in [-0.1, -0.05) is 6.08 Å². The number of rotatable bonds is 3. The summed E-state index contributed by atoms with van der Waals surface area (Å²) in [5.41, 5.74) is 5.19. The van der Waals surface area contributed by atoms with Gasteiger partial charge >= 0.3 is 0 Å². The maximum atomic E-state index is 10.1. The highest BCUT2D eigenvalue weighted by atomic mass is 16.6. The van der Waals surface area contributed by atoms with Crippen molar-refractivity contribution in [1.29, 1.82) is 0 Å². The van der Waals surface area contributed by atoms with Gasteiger partial charge in [-0.25, -0.2) is 0 Å². The lowest BCUT2D eigenvalue weighted by Crippen LogP contribution is -2.04. The molecule has 0 saturated heterocycles. The number of nitrogens with two attached hydrogens (primary N) is 1. The molecule has 0 amide bonds. The van der Waals surface area contributed by atoms with Gasteiger partial charge in [0, 0.05) is 6.92 Å². The zero-order valence-corrected chi connectivity index (χ0v) is 6.15. The van der Waals surface area contributed by atoms with Crippen LogP contribution in [-0.4, -0.2) is 16.6 Å². The van der Waals surface area contributed by atoms with Gasteiger partial charge in [0.15, 0.2) is 0 Å². The Bertz CT molecular complexity index is 208. The van der Waals surface area contributed by atoms with E-state index in [1.807, 2.05) is 0 Å². The summed E-state index contributed by atoms with van der Waals surface area (Å²) in [6, 6.07) is 0. The summed E-state index contributed by atoms with van der Waals surface area (Å²) in [6.07, 6.45) is 2.64. The molecule has 5 heteroatoms. The number of hydrogen-bond donors (Lipinski definition) is 2. The Kier molecular flexibility index (Phi) is 3.90. The minimum Gasteiger partial charge on any atom is -0.393 e. The normalized spacial score (nSPS) is 13.3. The Morgan fingerprint density at radius 3 is 2.73 bits per heavy atom. The molecule has 0 aliphatic carbocycles. The number of nitro groups is 1. The van der Waals surface area contributed by atoms with Crippen LogP contribution in [0.15, 0.2) is 23.5 Å². The number of aliphatic hydroxyl groups excluding tert-OH is 1. The Hall–Kier alpha value is -1.36. The molecule has 62 valence electrons. The molecule has 0 aliphatic rings. The number of allylic oxidation sites excluding steroid dienone is 2. The molecule has 0 radical (unpaired) electrons. The first-order valence-electron chi connectivity index (χ1n) is 2.97. The van der Waals surface area contributed by atoms with Crippen molar-refractivity contribution in [3.8, 4) is 0 Å². The van der Waals surface area contributed by atoms with Crippen LogP contribution in [0.2, 0.25) is 0 Å². The molecule has 0 fully saturated rings. The molecule has 11 heavy (non-hydrogen) atoms. The second-order valence-electron chi connectivity index (χ2n) is 1.88. The molecule has 0 aromatic rings. The van der Waals surface area contributed by atoms with Gasteiger partial charge in [0.2, 0.25) is 0 Å². The number of hydrogen-bond acceptors (Lipinski definition) is 4. The zero-order valence-electron chi connectivity index (χ0n) is 6.15. The van der Waals surface area contributed by atoms with Crippen LogP contribution in [0.4, 0.5) is 0 Å². The van der Waals surface area contributed by atoms with Crippen molar-refractivity contribution in [1.82, 2.24) is 0 Å². The summed E-state index contributed by atoms with van der Waals surface area (Å²) in [4.78, 5) is 9.50. The van der Waals surface area contributed by atoms with Gasteiger partial charge in [-0.3, -0.25) is 10.1 Å². The van der Waals surface area contributed by atoms with E-state index in [0.717, 1.165) is 0 Å². The average molecular weight is 158 g/mol. The minimum absolute atomic E-state index is 0.0593. The molecule has 0 rings (SSSR count). The van der Waals surface area contributed by atoms with Gasteiger partial charge in [0.1, 0.15) is 5.70 Å². The molecule has 0 spiro atoms. The fourth-order valence-electron chi connectivity index (χ4n) is 0.406. The van der Waals surface area contributed by atoms with Crippen LogP contribution in [0.25, 0.3) is 0 Å². The SMILES string of the molecule is C/C(=C(N)\C=C/CO)[N+](=O)[O-]. The third-order valence-corrected chi connectivity index (χ3v) is 1.09. The topological polar surface area (TPSA) is 89.4 Å². The lowest BCUT2D eigenvalue weighted by Gasteiger charge is -1.92. The van der Waals surface area contributed by atoms with Crippen LogP contribution in [-0.2, 0) is 0 Å². The number of nitrogens with zero attached hydrogens (tertiary/aromatic N) is 1. The van der Waals surface area contributed by atoms with Crippen molar-refractivity contribution in [2.24, 2.45) is 5.73 Å². The van der Waals surface area contributed by atoms with Gasteiger partial charge in [0.05, 0.1) is 11.5 Å². The van der Waals surface area contributed by atoms with E-state index < -0.39 is 4.92 Å². The smallest absolute Gasteiger partial charge is 0.265 e. The predicted octanol–water partition coefficient (Wildman–Crippen LogP) is 0.00180. The van der Waals surface area contributed by atoms with Crippen LogP contribution >= 0.6 is 0 Å². The van der Waals surface area contributed by atoms with Gasteiger partial charge < -0.3 is 10.8 Å². The molecule has 3 N–H and O–H groups in total. The summed E-state index contributed by atoms with van der Waals surface area (Å²) in [5.74, 6) is 0. The molecule has 0 bridgehead atoms. The van der Waals surface area contributed by atoms with Crippen LogP contribution in [0.3, 0.4) is 0 Å². The van der Waals surface area contributed by atoms with E-state index in [4.69, 9.17) is 10.8 Å². The highest BCUT2D eigenvalue weighted by molar-refractivity contribution is 5.16. The first-order valence-corrected chi connectivity index (χ1v) is 2.97. The van der Waals surface area contributed by atoms with Crippen LogP contribution in [0.5, 0.6) is 0 Å². The highest BCUT2D eigenvalue weighted by Gasteiger charge is 2.05. The van der Waals surface area contributed by atoms with Crippen LogP contribution < -0.4 is 5.73 Å². The maximum Gasteiger partial charge on any atom is 0.265 e. The Morgan fingerprint density at radius 2 is 2.36 bits per heavy atom. The summed E-state index contributed by atoms with van der Waals surface area (Å²) in [5, 5.41) is 18.4. The Morgan fingerprint density at radius 1 is 1.82 bits per heavy atom. The molecule has 0 aromatic carbocycles. The van der Waals surface area contributed by atoms with Gasteiger partial charge in [-0.2, -0.15) is 0 Å². The molecular weight excluding hydrogens is 148 g/mol. The van der Waals surface area contributed by atoms with Gasteiger partial charge in [-0.15, -0.1) is 0 Å². The van der Waals surface area contributed by atoms with Crippen molar-refractivity contribution in [3.63, 3.8) is 0 Å². The fraction of sp³-hybridized carbons (Fsp3) is 0.333. The molecule has 0 unspecified atom stereocenters. The quantitative estimate of drug-likeness (QED) is 0.343. The van der Waals surface area contributed by atoms with E-state index in [9.17, 15) is 10.1 Å². The third kappa shape index (κ3) is 3.36. The monoisotopic (exact) mass is 158 g/mol. The van der Waals surface area contributed by atoms with Crippen molar-refractivity contribution >= 4 is 0 Å². The summed E-state index contributed by atoms with van der Waals surface area (Å²) >= 11 is 0. The first kappa shape index (κ1) is 9.64. The van der Waals surface area contributed by atoms with E-state index in [2.05, 4.69) is 0 Å². The first-order chi connectivity index (χ1) is 5.09. The summed E-state index contributed by atoms with van der Waals surface area (Å²) < 4.78 is 0. The summed E-state index contributed by atoms with van der Waals surface area (Å²) in [6.45, 7) is 1.13. The van der Waals surface area contributed by atoms with Crippen molar-refractivity contribution in [2.45, 2.75) is 6.92 Å². The lowest BCUT2D eigenvalue weighted by atomic mass is 10.3. The molecule has 0 aromatic heterocycles. The van der Waals surface area contributed by atoms with E-state index in [1.54, 1.807) is 0 Å². The average Bonchev–Trinajstić information content (AvgIpc) is 1.98. The van der Waals surface area contributed by atoms with Crippen molar-refractivity contribution in [2.75, 3.05) is 6.61 Å². The highest BCUT2D eigenvalue weighted by Crippen LogP contribution is 1.98.